The number of nitrogens with zero attached hydrogens (tertiary/aromatic N) is 1. The van der Waals surface area contributed by atoms with Crippen LogP contribution in [0.1, 0.15) is 24.0 Å². The van der Waals surface area contributed by atoms with Crippen LogP contribution in [0.2, 0.25) is 0 Å². The fourth-order valence-corrected chi connectivity index (χ4v) is 3.07. The minimum Gasteiger partial charge on any atom is -0.497 e. The molecule has 1 aromatic carbocycles. The predicted molar refractivity (Wildman–Crippen MR) is 88.8 cm³/mol. The van der Waals surface area contributed by atoms with E-state index in [0.717, 1.165) is 18.7 Å². The van der Waals surface area contributed by atoms with Crippen molar-refractivity contribution in [3.8, 4) is 5.75 Å². The molecule has 24 heavy (non-hydrogen) atoms. The van der Waals surface area contributed by atoms with Crippen molar-refractivity contribution in [2.45, 2.75) is 18.9 Å². The fraction of sp³-hybridized carbons (Fsp3) is 0.444. The Kier molecular flexibility index (Phi) is 4.85. The Balaban J connectivity index is 1.53. The van der Waals surface area contributed by atoms with E-state index < -0.39 is 12.3 Å². The number of ether oxygens (including phenoxy) is 3. The maximum Gasteiger partial charge on any atom is 0.508 e. The van der Waals surface area contributed by atoms with Gasteiger partial charge in [-0.3, -0.25) is 9.69 Å². The number of hydrogen-bond donors (Lipinski definition) is 0. The van der Waals surface area contributed by atoms with Crippen LogP contribution in [0, 0.1) is 0 Å². The first kappa shape index (κ1) is 16.5. The number of piperidine rings is 1. The molecule has 0 aromatic heterocycles. The molecule has 1 heterocycles. The average molecular weight is 331 g/mol. The maximum atomic E-state index is 11.8. The topological polar surface area (TPSA) is 65.1 Å². The second kappa shape index (κ2) is 7.05. The summed E-state index contributed by atoms with van der Waals surface area (Å²) in [4.78, 5) is 25.2. The van der Waals surface area contributed by atoms with E-state index >= 15 is 0 Å². The normalized spacial score (nSPS) is 19.8. The van der Waals surface area contributed by atoms with Gasteiger partial charge in [0.25, 0.3) is 0 Å². The molecule has 0 N–H and O–H groups in total. The van der Waals surface area contributed by atoms with Gasteiger partial charge in [0, 0.05) is 26.1 Å². The first-order chi connectivity index (χ1) is 11.6. The molecule has 0 spiro atoms. The van der Waals surface area contributed by atoms with Gasteiger partial charge in [-0.1, -0.05) is 12.1 Å². The monoisotopic (exact) mass is 331 g/mol. The Morgan fingerprint density at radius 1 is 1.33 bits per heavy atom. The fourth-order valence-electron chi connectivity index (χ4n) is 3.07. The minimum absolute atomic E-state index is 0.0467. The van der Waals surface area contributed by atoms with Gasteiger partial charge in [-0.2, -0.15) is 0 Å². The SMILES string of the molecule is COC(=O)OC1CN(CCC2=Cc3ccc(OC)cc32)CCC1=O. The molecular formula is C18H21NO5. The Morgan fingerprint density at radius 2 is 2.17 bits per heavy atom. The standard InChI is InChI=1S/C18H21NO5/c1-22-14-4-3-12-9-13(15(12)10-14)5-7-19-8-6-16(20)17(11-19)24-18(21)23-2/h3-4,9-10,17H,5-8,11H2,1-2H3. The Labute approximate surface area is 141 Å². The number of rotatable bonds is 5. The van der Waals surface area contributed by atoms with Gasteiger partial charge in [0.05, 0.1) is 14.2 Å². The quantitative estimate of drug-likeness (QED) is 0.772. The number of Topliss-reactive ketones (excluding diaryl/α,β-unsaturated/α-hetero) is 1. The van der Waals surface area contributed by atoms with Crippen molar-refractivity contribution in [3.63, 3.8) is 0 Å². The molecule has 1 aliphatic carbocycles. The number of fused-ring (bicyclic) bond motifs is 1. The van der Waals surface area contributed by atoms with E-state index in [0.29, 0.717) is 19.5 Å². The lowest BCUT2D eigenvalue weighted by atomic mass is 9.86. The van der Waals surface area contributed by atoms with Crippen LogP contribution in [0.4, 0.5) is 4.79 Å². The number of likely N-dealkylation sites (tertiary alicyclic amines) is 1. The summed E-state index contributed by atoms with van der Waals surface area (Å²) >= 11 is 0. The first-order valence-electron chi connectivity index (χ1n) is 7.99. The highest BCUT2D eigenvalue weighted by atomic mass is 16.7. The summed E-state index contributed by atoms with van der Waals surface area (Å²) in [5, 5.41) is 0. The number of benzene rings is 1. The number of hydrogen-bond acceptors (Lipinski definition) is 6. The second-order valence-electron chi connectivity index (χ2n) is 5.95. The highest BCUT2D eigenvalue weighted by Gasteiger charge is 2.30. The molecule has 0 saturated carbocycles. The second-order valence-corrected chi connectivity index (χ2v) is 5.95. The number of ketones is 1. The lowest BCUT2D eigenvalue weighted by Gasteiger charge is -2.32. The molecule has 128 valence electrons. The molecule has 0 amide bonds. The minimum atomic E-state index is -0.807. The summed E-state index contributed by atoms with van der Waals surface area (Å²) in [5.41, 5.74) is 3.74. The largest absolute Gasteiger partial charge is 0.508 e. The molecule has 2 aliphatic rings. The lowest BCUT2D eigenvalue weighted by Crippen LogP contribution is -2.46. The molecule has 1 saturated heterocycles. The van der Waals surface area contributed by atoms with Crippen molar-refractivity contribution >= 4 is 23.6 Å². The van der Waals surface area contributed by atoms with Crippen molar-refractivity contribution in [1.29, 1.82) is 0 Å². The molecule has 0 radical (unpaired) electrons. The van der Waals surface area contributed by atoms with Gasteiger partial charge in [-0.15, -0.1) is 0 Å². The van der Waals surface area contributed by atoms with E-state index in [1.807, 2.05) is 12.1 Å². The smallest absolute Gasteiger partial charge is 0.497 e. The Bertz CT molecular complexity index is 682. The molecular weight excluding hydrogens is 310 g/mol. The molecule has 1 atom stereocenters. The van der Waals surface area contributed by atoms with Crippen molar-refractivity contribution in [2.24, 2.45) is 0 Å². The molecule has 3 rings (SSSR count). The number of carbonyl (C=O) groups is 2. The van der Waals surface area contributed by atoms with Crippen LogP contribution in [-0.2, 0) is 14.3 Å². The molecule has 6 nitrogen and oxygen atoms in total. The zero-order chi connectivity index (χ0) is 17.1. The molecule has 1 fully saturated rings. The molecule has 6 heteroatoms. The lowest BCUT2D eigenvalue weighted by molar-refractivity contribution is -0.133. The summed E-state index contributed by atoms with van der Waals surface area (Å²) in [6.45, 7) is 1.93. The van der Waals surface area contributed by atoms with Crippen LogP contribution in [0.5, 0.6) is 5.75 Å². The number of methoxy groups -OCH3 is 2. The van der Waals surface area contributed by atoms with E-state index in [9.17, 15) is 9.59 Å². The van der Waals surface area contributed by atoms with Crippen molar-refractivity contribution in [1.82, 2.24) is 4.90 Å². The van der Waals surface area contributed by atoms with E-state index in [-0.39, 0.29) is 5.78 Å². The first-order valence-corrected chi connectivity index (χ1v) is 7.99. The molecule has 1 aliphatic heterocycles. The van der Waals surface area contributed by atoms with E-state index in [1.54, 1.807) is 7.11 Å². The third-order valence-corrected chi connectivity index (χ3v) is 4.50. The van der Waals surface area contributed by atoms with E-state index in [2.05, 4.69) is 21.8 Å². The van der Waals surface area contributed by atoms with Crippen LogP contribution in [0.15, 0.2) is 18.2 Å². The van der Waals surface area contributed by atoms with Gasteiger partial charge in [-0.05, 0) is 35.3 Å². The van der Waals surface area contributed by atoms with Crippen molar-refractivity contribution < 1.29 is 23.8 Å². The Morgan fingerprint density at radius 3 is 2.92 bits per heavy atom. The van der Waals surface area contributed by atoms with Gasteiger partial charge in [0.1, 0.15) is 5.75 Å². The molecule has 0 bridgehead atoms. The van der Waals surface area contributed by atoms with Gasteiger partial charge >= 0.3 is 6.16 Å². The summed E-state index contributed by atoms with van der Waals surface area (Å²) in [5.74, 6) is 0.809. The van der Waals surface area contributed by atoms with Crippen LogP contribution in [0.25, 0.3) is 11.6 Å². The van der Waals surface area contributed by atoms with Crippen LogP contribution in [-0.4, -0.2) is 56.8 Å². The Hall–Kier alpha value is -2.34. The number of carbonyl (C=O) groups excluding carboxylic acids is 2. The highest BCUT2D eigenvalue weighted by molar-refractivity contribution is 5.96. The third kappa shape index (κ3) is 3.43. The van der Waals surface area contributed by atoms with Crippen molar-refractivity contribution in [3.05, 3.63) is 29.3 Å². The predicted octanol–water partition coefficient (Wildman–Crippen LogP) is 2.37. The molecule has 1 aromatic rings. The van der Waals surface area contributed by atoms with Gasteiger partial charge < -0.3 is 14.2 Å². The summed E-state index contributed by atoms with van der Waals surface area (Å²) in [6.07, 6.45) is 1.92. The van der Waals surface area contributed by atoms with Crippen LogP contribution < -0.4 is 4.74 Å². The van der Waals surface area contributed by atoms with Crippen molar-refractivity contribution in [2.75, 3.05) is 33.9 Å². The van der Waals surface area contributed by atoms with Gasteiger partial charge in [-0.25, -0.2) is 4.79 Å². The summed E-state index contributed by atoms with van der Waals surface area (Å²) in [6, 6.07) is 6.06. The molecule has 1 unspecified atom stereocenters. The zero-order valence-electron chi connectivity index (χ0n) is 13.9. The van der Waals surface area contributed by atoms with Gasteiger partial charge in [0.2, 0.25) is 0 Å². The summed E-state index contributed by atoms with van der Waals surface area (Å²) < 4.78 is 14.8. The highest BCUT2D eigenvalue weighted by Crippen LogP contribution is 2.37. The zero-order valence-corrected chi connectivity index (χ0v) is 13.9. The third-order valence-electron chi connectivity index (χ3n) is 4.50. The van der Waals surface area contributed by atoms with E-state index in [4.69, 9.17) is 9.47 Å². The summed E-state index contributed by atoms with van der Waals surface area (Å²) in [7, 11) is 2.90. The van der Waals surface area contributed by atoms with E-state index in [1.165, 1.54) is 23.8 Å². The van der Waals surface area contributed by atoms with Crippen LogP contribution in [0.3, 0.4) is 0 Å². The van der Waals surface area contributed by atoms with Gasteiger partial charge in [0.15, 0.2) is 11.9 Å². The maximum absolute atomic E-state index is 11.8. The van der Waals surface area contributed by atoms with Crippen LogP contribution >= 0.6 is 0 Å². The average Bonchev–Trinajstić information content (AvgIpc) is 2.58.